The molecule has 1 atom stereocenters. The summed E-state index contributed by atoms with van der Waals surface area (Å²) in [5.74, 6) is -0.432. The van der Waals surface area contributed by atoms with Gasteiger partial charge >= 0.3 is 12.1 Å². The van der Waals surface area contributed by atoms with Gasteiger partial charge in [-0.25, -0.2) is 4.79 Å². The van der Waals surface area contributed by atoms with Crippen LogP contribution in [0.15, 0.2) is 30.3 Å². The van der Waals surface area contributed by atoms with Crippen molar-refractivity contribution in [3.8, 4) is 0 Å². The van der Waals surface area contributed by atoms with Crippen molar-refractivity contribution >= 4 is 12.1 Å². The second kappa shape index (κ2) is 8.10. The molecule has 1 amide bonds. The van der Waals surface area contributed by atoms with Gasteiger partial charge in [-0.2, -0.15) is 0 Å². The molecule has 1 rings (SSSR count). The fourth-order valence-corrected chi connectivity index (χ4v) is 1.41. The van der Waals surface area contributed by atoms with E-state index in [1.165, 1.54) is 7.11 Å². The van der Waals surface area contributed by atoms with Crippen LogP contribution in [0.4, 0.5) is 4.79 Å². The number of esters is 1. The number of alkyl carbamates (subject to hydrolysis) is 1. The first kappa shape index (κ1) is 15.0. The van der Waals surface area contributed by atoms with Crippen LogP contribution in [-0.4, -0.2) is 31.8 Å². The van der Waals surface area contributed by atoms with Crippen molar-refractivity contribution in [2.24, 2.45) is 5.73 Å². The van der Waals surface area contributed by atoms with Gasteiger partial charge in [-0.05, 0) is 5.56 Å². The van der Waals surface area contributed by atoms with E-state index in [1.54, 1.807) is 0 Å². The first-order chi connectivity index (χ1) is 9.15. The molecule has 1 aromatic rings. The summed E-state index contributed by atoms with van der Waals surface area (Å²) in [6, 6.07) is 8.80. The standard InChI is InChI=1S/C13H18N2O4/c1-18-12(16)7-11(8-14)15-13(17)19-9-10-5-3-2-4-6-10/h2-6,11H,7-9,14H2,1H3,(H,15,17)/t11-/m1/s1. The van der Waals surface area contributed by atoms with E-state index in [4.69, 9.17) is 10.5 Å². The van der Waals surface area contributed by atoms with Crippen molar-refractivity contribution in [2.45, 2.75) is 19.1 Å². The summed E-state index contributed by atoms with van der Waals surface area (Å²) in [4.78, 5) is 22.6. The van der Waals surface area contributed by atoms with Crippen LogP contribution < -0.4 is 11.1 Å². The molecular weight excluding hydrogens is 248 g/mol. The maximum absolute atomic E-state index is 11.5. The van der Waals surface area contributed by atoms with E-state index in [-0.39, 0.29) is 19.6 Å². The van der Waals surface area contributed by atoms with Gasteiger partial charge < -0.3 is 20.5 Å². The third-order valence-electron chi connectivity index (χ3n) is 2.46. The number of nitrogens with one attached hydrogen (secondary N) is 1. The lowest BCUT2D eigenvalue weighted by molar-refractivity contribution is -0.141. The minimum atomic E-state index is -0.608. The molecule has 0 bridgehead atoms. The Kier molecular flexibility index (Phi) is 6.38. The van der Waals surface area contributed by atoms with Gasteiger partial charge in [0.1, 0.15) is 6.61 Å². The zero-order chi connectivity index (χ0) is 14.1. The monoisotopic (exact) mass is 266 g/mol. The number of carbonyl (C=O) groups is 2. The molecule has 0 heterocycles. The Balaban J connectivity index is 2.35. The molecule has 0 saturated heterocycles. The number of nitrogens with two attached hydrogens (primary N) is 1. The molecule has 19 heavy (non-hydrogen) atoms. The van der Waals surface area contributed by atoms with Gasteiger partial charge in [-0.1, -0.05) is 30.3 Å². The molecule has 0 spiro atoms. The van der Waals surface area contributed by atoms with Crippen LogP contribution in [0.25, 0.3) is 0 Å². The molecule has 0 fully saturated rings. The number of hydrogen-bond donors (Lipinski definition) is 2. The Morgan fingerprint density at radius 2 is 2.00 bits per heavy atom. The predicted molar refractivity (Wildman–Crippen MR) is 69.2 cm³/mol. The summed E-state index contributed by atoms with van der Waals surface area (Å²) >= 11 is 0. The maximum Gasteiger partial charge on any atom is 0.407 e. The average Bonchev–Trinajstić information content (AvgIpc) is 2.45. The third-order valence-corrected chi connectivity index (χ3v) is 2.46. The van der Waals surface area contributed by atoms with Gasteiger partial charge in [-0.3, -0.25) is 4.79 Å². The highest BCUT2D eigenvalue weighted by Gasteiger charge is 2.15. The minimum absolute atomic E-state index is 0.0213. The summed E-state index contributed by atoms with van der Waals surface area (Å²) in [7, 11) is 1.28. The highest BCUT2D eigenvalue weighted by molar-refractivity contribution is 5.72. The summed E-state index contributed by atoms with van der Waals surface area (Å²) in [5.41, 5.74) is 6.34. The SMILES string of the molecule is COC(=O)C[C@H](CN)NC(=O)OCc1ccccc1. The Hall–Kier alpha value is -2.08. The summed E-state index contributed by atoms with van der Waals surface area (Å²) in [6.07, 6.45) is -0.587. The summed E-state index contributed by atoms with van der Waals surface area (Å²) in [6.45, 7) is 0.303. The van der Waals surface area contributed by atoms with Crippen LogP contribution in [0, 0.1) is 0 Å². The van der Waals surface area contributed by atoms with Gasteiger partial charge in [0.05, 0.1) is 19.6 Å². The molecule has 6 heteroatoms. The number of methoxy groups -OCH3 is 1. The van der Waals surface area contributed by atoms with Crippen molar-refractivity contribution < 1.29 is 19.1 Å². The fraction of sp³-hybridized carbons (Fsp3) is 0.385. The molecular formula is C13H18N2O4. The molecule has 104 valence electrons. The van der Waals surface area contributed by atoms with Crippen molar-refractivity contribution in [3.63, 3.8) is 0 Å². The first-order valence-corrected chi connectivity index (χ1v) is 5.89. The first-order valence-electron chi connectivity index (χ1n) is 5.89. The van der Waals surface area contributed by atoms with Crippen LogP contribution >= 0.6 is 0 Å². The van der Waals surface area contributed by atoms with Crippen LogP contribution in [-0.2, 0) is 20.9 Å². The number of benzene rings is 1. The van der Waals surface area contributed by atoms with Crippen molar-refractivity contribution in [3.05, 3.63) is 35.9 Å². The van der Waals surface area contributed by atoms with Crippen LogP contribution in [0.3, 0.4) is 0 Å². The van der Waals surface area contributed by atoms with Gasteiger partial charge in [-0.15, -0.1) is 0 Å². The lowest BCUT2D eigenvalue weighted by Gasteiger charge is -2.15. The van der Waals surface area contributed by atoms with Gasteiger partial charge in [0.2, 0.25) is 0 Å². The Labute approximate surface area is 111 Å². The summed E-state index contributed by atoms with van der Waals surface area (Å²) < 4.78 is 9.52. The predicted octanol–water partition coefficient (Wildman–Crippen LogP) is 0.803. The van der Waals surface area contributed by atoms with E-state index in [1.807, 2.05) is 30.3 Å². The molecule has 0 saturated carbocycles. The van der Waals surface area contributed by atoms with E-state index in [9.17, 15) is 9.59 Å². The molecule has 0 aliphatic heterocycles. The van der Waals surface area contributed by atoms with E-state index in [0.717, 1.165) is 5.56 Å². The maximum atomic E-state index is 11.5. The highest BCUT2D eigenvalue weighted by Crippen LogP contribution is 2.01. The molecule has 0 aliphatic carbocycles. The van der Waals surface area contributed by atoms with E-state index < -0.39 is 18.1 Å². The van der Waals surface area contributed by atoms with Gasteiger partial charge in [0.15, 0.2) is 0 Å². The zero-order valence-corrected chi connectivity index (χ0v) is 10.8. The topological polar surface area (TPSA) is 90.6 Å². The fourth-order valence-electron chi connectivity index (χ4n) is 1.41. The average molecular weight is 266 g/mol. The van der Waals surface area contributed by atoms with Gasteiger partial charge in [0, 0.05) is 6.54 Å². The van der Waals surface area contributed by atoms with E-state index in [2.05, 4.69) is 10.1 Å². The van der Waals surface area contributed by atoms with Crippen molar-refractivity contribution in [1.29, 1.82) is 0 Å². The second-order valence-corrected chi connectivity index (χ2v) is 3.92. The van der Waals surface area contributed by atoms with Crippen LogP contribution in [0.2, 0.25) is 0 Å². The number of ether oxygens (including phenoxy) is 2. The molecule has 0 aromatic heterocycles. The molecule has 6 nitrogen and oxygen atoms in total. The lowest BCUT2D eigenvalue weighted by Crippen LogP contribution is -2.42. The Bertz CT molecular complexity index is 408. The number of rotatable bonds is 6. The Morgan fingerprint density at radius 3 is 2.58 bits per heavy atom. The van der Waals surface area contributed by atoms with Crippen LogP contribution in [0.1, 0.15) is 12.0 Å². The molecule has 0 aliphatic rings. The molecule has 0 radical (unpaired) electrons. The third kappa shape index (κ3) is 5.87. The summed E-state index contributed by atoms with van der Waals surface area (Å²) in [5, 5.41) is 2.52. The molecule has 1 aromatic carbocycles. The van der Waals surface area contributed by atoms with Gasteiger partial charge in [0.25, 0.3) is 0 Å². The minimum Gasteiger partial charge on any atom is -0.469 e. The van der Waals surface area contributed by atoms with Crippen LogP contribution in [0.5, 0.6) is 0 Å². The molecule has 3 N–H and O–H groups in total. The number of carbonyl (C=O) groups excluding carboxylic acids is 2. The number of hydrogen-bond acceptors (Lipinski definition) is 5. The highest BCUT2D eigenvalue weighted by atomic mass is 16.5. The number of amides is 1. The zero-order valence-electron chi connectivity index (χ0n) is 10.8. The van der Waals surface area contributed by atoms with E-state index >= 15 is 0 Å². The quantitative estimate of drug-likeness (QED) is 0.743. The second-order valence-electron chi connectivity index (χ2n) is 3.92. The normalized spacial score (nSPS) is 11.5. The molecule has 0 unspecified atom stereocenters. The van der Waals surface area contributed by atoms with E-state index in [0.29, 0.717) is 0 Å². The largest absolute Gasteiger partial charge is 0.469 e. The Morgan fingerprint density at radius 1 is 1.32 bits per heavy atom. The lowest BCUT2D eigenvalue weighted by atomic mass is 10.2. The smallest absolute Gasteiger partial charge is 0.407 e. The van der Waals surface area contributed by atoms with Crippen molar-refractivity contribution in [1.82, 2.24) is 5.32 Å². The van der Waals surface area contributed by atoms with Crippen molar-refractivity contribution in [2.75, 3.05) is 13.7 Å².